The summed E-state index contributed by atoms with van der Waals surface area (Å²) in [6.07, 6.45) is 4.69. The zero-order chi connectivity index (χ0) is 25.4. The van der Waals surface area contributed by atoms with Crippen LogP contribution in [0.25, 0.3) is 11.3 Å². The highest BCUT2D eigenvalue weighted by molar-refractivity contribution is 6.36. The monoisotopic (exact) mass is 513 g/mol. The third kappa shape index (κ3) is 4.40. The SMILES string of the molecule is COCc1[nH]n(-c2ccc(Cl)cc2)c(=O)c1C1=C(N2CCN(C)CC2)C(=O)N(C2CCCCC2)C1=O. The Bertz CT molecular complexity index is 1230. The number of nitrogens with one attached hydrogen (secondary N) is 1. The summed E-state index contributed by atoms with van der Waals surface area (Å²) in [5, 5.41) is 3.67. The van der Waals surface area contributed by atoms with Gasteiger partial charge >= 0.3 is 0 Å². The van der Waals surface area contributed by atoms with E-state index >= 15 is 0 Å². The number of methoxy groups -OCH3 is 1. The van der Waals surface area contributed by atoms with E-state index < -0.39 is 5.56 Å². The van der Waals surface area contributed by atoms with Gasteiger partial charge in [-0.15, -0.1) is 0 Å². The van der Waals surface area contributed by atoms with Crippen molar-refractivity contribution in [3.05, 3.63) is 56.6 Å². The summed E-state index contributed by atoms with van der Waals surface area (Å²) in [5.74, 6) is -0.661. The van der Waals surface area contributed by atoms with Gasteiger partial charge in [-0.1, -0.05) is 30.9 Å². The number of likely N-dealkylation sites (N-methyl/N-ethyl adjacent to an activating group) is 1. The Morgan fingerprint density at radius 1 is 0.972 bits per heavy atom. The molecule has 0 atom stereocenters. The standard InChI is InChI=1S/C26H32ClN5O4/c1-29-12-14-30(15-13-29)23-22(24(33)31(26(23)35)18-6-4-3-5-7-18)21-20(16-36-2)28-32(25(21)34)19-10-8-17(27)9-11-19/h8-11,18,28H,3-7,12-16H2,1-2H3. The fourth-order valence-electron chi connectivity index (χ4n) is 5.52. The molecule has 192 valence electrons. The molecule has 0 bridgehead atoms. The Morgan fingerprint density at radius 2 is 1.64 bits per heavy atom. The van der Waals surface area contributed by atoms with Crippen LogP contribution in [-0.4, -0.2) is 82.7 Å². The number of carbonyl (C=O) groups is 2. The number of nitrogens with zero attached hydrogens (tertiary/aromatic N) is 4. The Morgan fingerprint density at radius 3 is 2.28 bits per heavy atom. The van der Waals surface area contributed by atoms with E-state index in [1.54, 1.807) is 24.3 Å². The Balaban J connectivity index is 1.66. The minimum Gasteiger partial charge on any atom is -0.378 e. The lowest BCUT2D eigenvalue weighted by atomic mass is 9.94. The third-order valence-corrected chi connectivity index (χ3v) is 7.69. The fourth-order valence-corrected chi connectivity index (χ4v) is 5.64. The molecule has 1 N–H and O–H groups in total. The smallest absolute Gasteiger partial charge is 0.279 e. The van der Waals surface area contributed by atoms with Crippen molar-refractivity contribution in [3.63, 3.8) is 0 Å². The fraction of sp³-hybridized carbons (Fsp3) is 0.500. The first-order valence-electron chi connectivity index (χ1n) is 12.6. The number of hydrogen-bond acceptors (Lipinski definition) is 6. The van der Waals surface area contributed by atoms with E-state index in [4.69, 9.17) is 16.3 Å². The summed E-state index contributed by atoms with van der Waals surface area (Å²) < 4.78 is 6.78. The zero-order valence-electron chi connectivity index (χ0n) is 20.8. The highest BCUT2D eigenvalue weighted by Crippen LogP contribution is 2.36. The van der Waals surface area contributed by atoms with Crippen LogP contribution in [0.5, 0.6) is 0 Å². The molecule has 9 nitrogen and oxygen atoms in total. The molecule has 2 aliphatic heterocycles. The van der Waals surface area contributed by atoms with Gasteiger partial charge in [0.25, 0.3) is 17.4 Å². The Labute approximate surface area is 215 Å². The number of carbonyl (C=O) groups excluding carboxylic acids is 2. The van der Waals surface area contributed by atoms with Gasteiger partial charge in [-0.25, -0.2) is 4.68 Å². The van der Waals surface area contributed by atoms with Crippen molar-refractivity contribution in [2.24, 2.45) is 0 Å². The molecule has 3 heterocycles. The maximum Gasteiger partial charge on any atom is 0.279 e. The predicted molar refractivity (Wildman–Crippen MR) is 137 cm³/mol. The van der Waals surface area contributed by atoms with Crippen molar-refractivity contribution in [3.8, 4) is 5.69 Å². The molecule has 1 aromatic carbocycles. The normalized spacial score (nSPS) is 20.2. The van der Waals surface area contributed by atoms with Crippen LogP contribution < -0.4 is 5.56 Å². The highest BCUT2D eigenvalue weighted by Gasteiger charge is 2.47. The molecule has 0 spiro atoms. The van der Waals surface area contributed by atoms with Crippen LogP contribution in [0.1, 0.15) is 43.4 Å². The number of aromatic nitrogens is 2. The van der Waals surface area contributed by atoms with Gasteiger partial charge < -0.3 is 14.5 Å². The summed E-state index contributed by atoms with van der Waals surface area (Å²) >= 11 is 6.05. The maximum atomic E-state index is 14.0. The molecule has 1 saturated heterocycles. The second kappa shape index (κ2) is 10.2. The molecular weight excluding hydrogens is 482 g/mol. The van der Waals surface area contributed by atoms with E-state index in [0.29, 0.717) is 35.2 Å². The van der Waals surface area contributed by atoms with Gasteiger partial charge in [-0.2, -0.15) is 0 Å². The van der Waals surface area contributed by atoms with Crippen LogP contribution in [0.2, 0.25) is 5.02 Å². The van der Waals surface area contributed by atoms with Gasteiger partial charge in [0, 0.05) is 44.4 Å². The Hall–Kier alpha value is -2.88. The highest BCUT2D eigenvalue weighted by atomic mass is 35.5. The number of rotatable bonds is 6. The number of imide groups is 1. The lowest BCUT2D eigenvalue weighted by molar-refractivity contribution is -0.141. The quantitative estimate of drug-likeness (QED) is 0.597. The van der Waals surface area contributed by atoms with Crippen molar-refractivity contribution < 1.29 is 14.3 Å². The lowest BCUT2D eigenvalue weighted by Crippen LogP contribution is -2.47. The molecule has 2 fully saturated rings. The third-order valence-electron chi connectivity index (χ3n) is 7.44. The van der Waals surface area contributed by atoms with Crippen LogP contribution in [-0.2, 0) is 20.9 Å². The van der Waals surface area contributed by atoms with Crippen LogP contribution in [0.4, 0.5) is 0 Å². The largest absolute Gasteiger partial charge is 0.378 e. The molecule has 1 aliphatic carbocycles. The maximum absolute atomic E-state index is 14.0. The molecular formula is C26H32ClN5O4. The second-order valence-electron chi connectivity index (χ2n) is 9.80. The molecule has 1 saturated carbocycles. The Kier molecular flexibility index (Phi) is 7.05. The van der Waals surface area contributed by atoms with Gasteiger partial charge in [0.15, 0.2) is 0 Å². The number of amides is 2. The van der Waals surface area contributed by atoms with Crippen LogP contribution in [0.15, 0.2) is 34.8 Å². The molecule has 3 aliphatic rings. The number of ether oxygens (including phenoxy) is 1. The van der Waals surface area contributed by atoms with Gasteiger partial charge in [0.2, 0.25) is 0 Å². The number of piperazine rings is 1. The molecule has 2 aromatic rings. The number of hydrogen-bond donors (Lipinski definition) is 1. The predicted octanol–water partition coefficient (Wildman–Crippen LogP) is 2.63. The first kappa shape index (κ1) is 24.8. The summed E-state index contributed by atoms with van der Waals surface area (Å²) in [4.78, 5) is 47.4. The number of halogens is 1. The van der Waals surface area contributed by atoms with Gasteiger partial charge in [-0.3, -0.25) is 24.4 Å². The molecule has 0 radical (unpaired) electrons. The summed E-state index contributed by atoms with van der Waals surface area (Å²) in [7, 11) is 3.57. The average molecular weight is 514 g/mol. The van der Waals surface area contributed by atoms with Crippen LogP contribution >= 0.6 is 11.6 Å². The number of H-pyrrole nitrogens is 1. The van der Waals surface area contributed by atoms with Crippen molar-refractivity contribution in [2.45, 2.75) is 44.8 Å². The van der Waals surface area contributed by atoms with Crippen molar-refractivity contribution in [2.75, 3.05) is 40.3 Å². The van der Waals surface area contributed by atoms with E-state index in [-0.39, 0.29) is 35.6 Å². The van der Waals surface area contributed by atoms with E-state index in [1.165, 1.54) is 16.7 Å². The van der Waals surface area contributed by atoms with E-state index in [1.807, 2.05) is 11.9 Å². The molecule has 1 aromatic heterocycles. The zero-order valence-corrected chi connectivity index (χ0v) is 21.5. The molecule has 2 amide bonds. The molecule has 5 rings (SSSR count). The molecule has 0 unspecified atom stereocenters. The summed E-state index contributed by atoms with van der Waals surface area (Å²) in [6.45, 7) is 2.86. The minimum absolute atomic E-state index is 0.0928. The topological polar surface area (TPSA) is 90.9 Å². The van der Waals surface area contributed by atoms with E-state index in [2.05, 4.69) is 10.00 Å². The van der Waals surface area contributed by atoms with E-state index in [0.717, 1.165) is 45.2 Å². The minimum atomic E-state index is -0.391. The average Bonchev–Trinajstić information content (AvgIpc) is 3.33. The van der Waals surface area contributed by atoms with Crippen molar-refractivity contribution in [1.82, 2.24) is 24.5 Å². The van der Waals surface area contributed by atoms with Crippen molar-refractivity contribution in [1.29, 1.82) is 0 Å². The van der Waals surface area contributed by atoms with Gasteiger partial charge in [0.05, 0.1) is 29.1 Å². The first-order chi connectivity index (χ1) is 17.4. The molecule has 36 heavy (non-hydrogen) atoms. The first-order valence-corrected chi connectivity index (χ1v) is 12.9. The van der Waals surface area contributed by atoms with Crippen molar-refractivity contribution >= 4 is 29.0 Å². The number of benzene rings is 1. The molecule has 10 heteroatoms. The van der Waals surface area contributed by atoms with Gasteiger partial charge in [-0.05, 0) is 44.2 Å². The summed E-state index contributed by atoms with van der Waals surface area (Å²) in [5.41, 5.74) is 1.39. The second-order valence-corrected chi connectivity index (χ2v) is 10.2. The van der Waals surface area contributed by atoms with Crippen LogP contribution in [0.3, 0.4) is 0 Å². The van der Waals surface area contributed by atoms with Crippen LogP contribution in [0, 0.1) is 0 Å². The van der Waals surface area contributed by atoms with Gasteiger partial charge in [0.1, 0.15) is 5.70 Å². The lowest BCUT2D eigenvalue weighted by Gasteiger charge is -2.35. The van der Waals surface area contributed by atoms with E-state index in [9.17, 15) is 14.4 Å². The summed E-state index contributed by atoms with van der Waals surface area (Å²) in [6, 6.07) is 6.72. The number of aromatic amines is 1.